The molecular formula is C11H13Cl. The lowest BCUT2D eigenvalue weighted by atomic mass is 9.99. The van der Waals surface area contributed by atoms with E-state index in [0.29, 0.717) is 0 Å². The summed E-state index contributed by atoms with van der Waals surface area (Å²) in [5.41, 5.74) is 4.83. The van der Waals surface area contributed by atoms with Gasteiger partial charge in [0.05, 0.1) is 0 Å². The summed E-state index contributed by atoms with van der Waals surface area (Å²) < 4.78 is 0. The quantitative estimate of drug-likeness (QED) is 0.615. The highest BCUT2D eigenvalue weighted by Crippen LogP contribution is 2.26. The van der Waals surface area contributed by atoms with E-state index in [9.17, 15) is 0 Å². The van der Waals surface area contributed by atoms with E-state index in [-0.39, 0.29) is 0 Å². The second-order valence-corrected chi connectivity index (χ2v) is 3.45. The Labute approximate surface area is 78.9 Å². The Morgan fingerprint density at radius 1 is 1.25 bits per heavy atom. The van der Waals surface area contributed by atoms with Gasteiger partial charge in [-0.25, -0.2) is 0 Å². The van der Waals surface area contributed by atoms with Crippen LogP contribution in [0.25, 0.3) is 6.08 Å². The summed E-state index contributed by atoms with van der Waals surface area (Å²) >= 11 is 6.04. The predicted molar refractivity (Wildman–Crippen MR) is 55.8 cm³/mol. The van der Waals surface area contributed by atoms with Crippen LogP contribution in [-0.4, -0.2) is 0 Å². The van der Waals surface area contributed by atoms with Crippen LogP contribution in [0.2, 0.25) is 5.02 Å². The van der Waals surface area contributed by atoms with Crippen molar-refractivity contribution >= 4 is 17.7 Å². The topological polar surface area (TPSA) is 0 Å². The van der Waals surface area contributed by atoms with Gasteiger partial charge in [0.2, 0.25) is 0 Å². The molecule has 0 saturated carbocycles. The average molecular weight is 181 g/mol. The molecule has 1 rings (SSSR count). The molecule has 1 heteroatoms. The zero-order valence-corrected chi connectivity index (χ0v) is 8.50. The van der Waals surface area contributed by atoms with Crippen LogP contribution in [0.15, 0.2) is 12.6 Å². The Hall–Kier alpha value is -0.750. The zero-order chi connectivity index (χ0) is 9.30. The smallest absolute Gasteiger partial charge is 0.0483 e. The van der Waals surface area contributed by atoms with Crippen molar-refractivity contribution in [3.8, 4) is 0 Å². The fourth-order valence-corrected chi connectivity index (χ4v) is 1.69. The number of hydrogen-bond donors (Lipinski definition) is 0. The monoisotopic (exact) mass is 180 g/mol. The first-order valence-electron chi connectivity index (χ1n) is 3.96. The molecule has 12 heavy (non-hydrogen) atoms. The van der Waals surface area contributed by atoms with Crippen LogP contribution in [0.4, 0.5) is 0 Å². The molecule has 0 radical (unpaired) electrons. The third kappa shape index (κ3) is 1.39. The van der Waals surface area contributed by atoms with Gasteiger partial charge in [-0.15, -0.1) is 0 Å². The number of aryl methyl sites for hydroxylation is 1. The maximum absolute atomic E-state index is 6.04. The average Bonchev–Trinajstić information content (AvgIpc) is 2.01. The minimum atomic E-state index is 0.797. The van der Waals surface area contributed by atoms with Crippen molar-refractivity contribution in [3.63, 3.8) is 0 Å². The summed E-state index contributed by atoms with van der Waals surface area (Å²) in [6.45, 7) is 9.99. The second kappa shape index (κ2) is 3.32. The predicted octanol–water partition coefficient (Wildman–Crippen LogP) is 3.91. The molecule has 0 saturated heterocycles. The van der Waals surface area contributed by atoms with Crippen LogP contribution in [0.3, 0.4) is 0 Å². The fraction of sp³-hybridized carbons (Fsp3) is 0.273. The molecule has 0 heterocycles. The molecule has 0 unspecified atom stereocenters. The van der Waals surface area contributed by atoms with Gasteiger partial charge in [0, 0.05) is 5.02 Å². The van der Waals surface area contributed by atoms with Gasteiger partial charge in [-0.3, -0.25) is 0 Å². The Kier molecular flexibility index (Phi) is 2.58. The van der Waals surface area contributed by atoms with Gasteiger partial charge in [0.25, 0.3) is 0 Å². The van der Waals surface area contributed by atoms with E-state index < -0.39 is 0 Å². The van der Waals surface area contributed by atoms with Crippen LogP contribution >= 0.6 is 11.6 Å². The first-order valence-corrected chi connectivity index (χ1v) is 4.34. The standard InChI is InChI=1S/C11H13Cl/c1-5-10-9(4)8(3)7(2)6-11(10)12/h5-6H,1H2,2-4H3. The summed E-state index contributed by atoms with van der Waals surface area (Å²) in [5.74, 6) is 0. The largest absolute Gasteiger partial charge is 0.0984 e. The number of halogens is 1. The lowest BCUT2D eigenvalue weighted by molar-refractivity contribution is 1.26. The minimum Gasteiger partial charge on any atom is -0.0984 e. The molecule has 64 valence electrons. The van der Waals surface area contributed by atoms with Crippen molar-refractivity contribution in [2.24, 2.45) is 0 Å². The Morgan fingerprint density at radius 3 is 2.33 bits per heavy atom. The van der Waals surface area contributed by atoms with Crippen molar-refractivity contribution in [2.75, 3.05) is 0 Å². The second-order valence-electron chi connectivity index (χ2n) is 3.04. The van der Waals surface area contributed by atoms with E-state index in [1.54, 1.807) is 0 Å². The summed E-state index contributed by atoms with van der Waals surface area (Å²) in [5, 5.41) is 0.797. The van der Waals surface area contributed by atoms with Crippen molar-refractivity contribution in [3.05, 3.63) is 39.9 Å². The Bertz CT molecular complexity index is 324. The maximum Gasteiger partial charge on any atom is 0.0483 e. The fourth-order valence-electron chi connectivity index (χ4n) is 1.30. The molecule has 0 bridgehead atoms. The van der Waals surface area contributed by atoms with Crippen LogP contribution in [0.1, 0.15) is 22.3 Å². The van der Waals surface area contributed by atoms with Crippen molar-refractivity contribution in [2.45, 2.75) is 20.8 Å². The van der Waals surface area contributed by atoms with Gasteiger partial charge in [0.1, 0.15) is 0 Å². The summed E-state index contributed by atoms with van der Waals surface area (Å²) in [6, 6.07) is 1.99. The molecule has 1 aromatic carbocycles. The van der Waals surface area contributed by atoms with E-state index in [2.05, 4.69) is 27.4 Å². The number of rotatable bonds is 1. The van der Waals surface area contributed by atoms with E-state index in [4.69, 9.17) is 11.6 Å². The number of benzene rings is 1. The third-order valence-corrected chi connectivity index (χ3v) is 2.68. The van der Waals surface area contributed by atoms with E-state index in [1.165, 1.54) is 16.7 Å². The molecule has 0 aliphatic carbocycles. The normalized spacial score (nSPS) is 10.0. The highest BCUT2D eigenvalue weighted by molar-refractivity contribution is 6.32. The third-order valence-electron chi connectivity index (χ3n) is 2.36. The highest BCUT2D eigenvalue weighted by Gasteiger charge is 2.05. The summed E-state index contributed by atoms with van der Waals surface area (Å²) in [6.07, 6.45) is 1.81. The Balaban J connectivity index is 3.51. The molecule has 0 aromatic heterocycles. The van der Waals surface area contributed by atoms with Gasteiger partial charge in [-0.2, -0.15) is 0 Å². The minimum absolute atomic E-state index is 0.797. The molecule has 0 nitrogen and oxygen atoms in total. The van der Waals surface area contributed by atoms with E-state index in [0.717, 1.165) is 10.6 Å². The maximum atomic E-state index is 6.04. The first kappa shape index (κ1) is 9.34. The van der Waals surface area contributed by atoms with Gasteiger partial charge in [0.15, 0.2) is 0 Å². The van der Waals surface area contributed by atoms with Gasteiger partial charge < -0.3 is 0 Å². The molecular weight excluding hydrogens is 168 g/mol. The van der Waals surface area contributed by atoms with E-state index >= 15 is 0 Å². The van der Waals surface area contributed by atoms with Crippen molar-refractivity contribution in [1.29, 1.82) is 0 Å². The van der Waals surface area contributed by atoms with E-state index in [1.807, 2.05) is 12.1 Å². The number of hydrogen-bond acceptors (Lipinski definition) is 0. The lowest BCUT2D eigenvalue weighted by Gasteiger charge is -2.09. The van der Waals surface area contributed by atoms with Crippen LogP contribution in [0.5, 0.6) is 0 Å². The van der Waals surface area contributed by atoms with Crippen LogP contribution in [0, 0.1) is 20.8 Å². The SMILES string of the molecule is C=Cc1c(Cl)cc(C)c(C)c1C. The molecule has 1 aromatic rings. The zero-order valence-electron chi connectivity index (χ0n) is 7.74. The van der Waals surface area contributed by atoms with Gasteiger partial charge in [-0.05, 0) is 49.1 Å². The molecule has 0 N–H and O–H groups in total. The first-order chi connectivity index (χ1) is 5.57. The molecule has 0 fully saturated rings. The molecule has 0 spiro atoms. The molecule has 0 atom stereocenters. The molecule has 0 aliphatic heterocycles. The van der Waals surface area contributed by atoms with Crippen molar-refractivity contribution < 1.29 is 0 Å². The van der Waals surface area contributed by atoms with Gasteiger partial charge >= 0.3 is 0 Å². The molecule has 0 amide bonds. The Morgan fingerprint density at radius 2 is 1.83 bits per heavy atom. The lowest BCUT2D eigenvalue weighted by Crippen LogP contribution is -1.91. The summed E-state index contributed by atoms with van der Waals surface area (Å²) in [7, 11) is 0. The van der Waals surface area contributed by atoms with Crippen molar-refractivity contribution in [1.82, 2.24) is 0 Å². The molecule has 0 aliphatic rings. The highest BCUT2D eigenvalue weighted by atomic mass is 35.5. The van der Waals surface area contributed by atoms with Crippen LogP contribution < -0.4 is 0 Å². The summed E-state index contributed by atoms with van der Waals surface area (Å²) in [4.78, 5) is 0. The van der Waals surface area contributed by atoms with Crippen LogP contribution in [-0.2, 0) is 0 Å². The van der Waals surface area contributed by atoms with Gasteiger partial charge in [-0.1, -0.05) is 24.3 Å².